The lowest BCUT2D eigenvalue weighted by Gasteiger charge is -2.10. The Hall–Kier alpha value is -1.70. The van der Waals surface area contributed by atoms with Gasteiger partial charge in [-0.15, -0.1) is 0 Å². The Balaban J connectivity index is 1.43. The van der Waals surface area contributed by atoms with E-state index in [4.69, 9.17) is 22.1 Å². The van der Waals surface area contributed by atoms with Gasteiger partial charge >= 0.3 is 0 Å². The summed E-state index contributed by atoms with van der Waals surface area (Å²) >= 11 is 8.59. The van der Waals surface area contributed by atoms with Crippen molar-refractivity contribution in [3.8, 4) is 5.75 Å². The highest BCUT2D eigenvalue weighted by atomic mass is 35.5. The lowest BCUT2D eigenvalue weighted by Crippen LogP contribution is -2.07. The van der Waals surface area contributed by atoms with Gasteiger partial charge in [-0.05, 0) is 61.0 Å². The molecule has 1 aliphatic carbocycles. The number of aromatic nitrogens is 1. The topological polar surface area (TPSA) is 60.2 Å². The van der Waals surface area contributed by atoms with Crippen LogP contribution >= 0.6 is 34.9 Å². The highest BCUT2D eigenvalue weighted by Crippen LogP contribution is 2.34. The number of nitrogens with two attached hydrogens (primary N) is 1. The molecule has 4 nitrogen and oxygen atoms in total. The first kappa shape index (κ1) is 18.7. The number of hydrogen-bond donors (Lipinski definition) is 2. The van der Waals surface area contributed by atoms with Crippen LogP contribution in [0.1, 0.15) is 25.7 Å². The van der Waals surface area contributed by atoms with Gasteiger partial charge in [0.05, 0.1) is 32.4 Å². The van der Waals surface area contributed by atoms with Gasteiger partial charge in [-0.1, -0.05) is 35.8 Å². The molecule has 0 unspecified atom stereocenters. The number of ether oxygens (including phenoxy) is 1. The van der Waals surface area contributed by atoms with Crippen molar-refractivity contribution < 1.29 is 9.13 Å². The van der Waals surface area contributed by atoms with Crippen molar-refractivity contribution in [2.24, 2.45) is 5.92 Å². The molecule has 0 amide bonds. The number of halogens is 2. The Morgan fingerprint density at radius 1 is 1.30 bits per heavy atom. The first-order valence-electron chi connectivity index (χ1n) is 8.79. The SMILES string of the molecule is Nc1cc(F)c(SNc2nc3ccc(OCC4CCCC4)cc3s2)cc1Cl. The molecule has 3 aromatic rings. The Bertz CT molecular complexity index is 960. The van der Waals surface area contributed by atoms with E-state index in [9.17, 15) is 4.39 Å². The minimum absolute atomic E-state index is 0.226. The molecule has 1 aromatic heterocycles. The van der Waals surface area contributed by atoms with Crippen molar-refractivity contribution in [1.29, 1.82) is 0 Å². The first-order chi connectivity index (χ1) is 13.1. The van der Waals surface area contributed by atoms with Gasteiger partial charge in [-0.2, -0.15) is 0 Å². The zero-order valence-corrected chi connectivity index (χ0v) is 16.9. The number of rotatable bonds is 6. The minimum Gasteiger partial charge on any atom is -0.493 e. The van der Waals surface area contributed by atoms with Gasteiger partial charge in [-0.3, -0.25) is 0 Å². The van der Waals surface area contributed by atoms with Crippen LogP contribution in [-0.2, 0) is 0 Å². The average Bonchev–Trinajstić information content (AvgIpc) is 3.30. The van der Waals surface area contributed by atoms with Gasteiger partial charge in [0.1, 0.15) is 11.6 Å². The molecule has 0 bridgehead atoms. The number of hydrogen-bond acceptors (Lipinski definition) is 6. The third kappa shape index (κ3) is 4.42. The van der Waals surface area contributed by atoms with Gasteiger partial charge in [0, 0.05) is 0 Å². The Morgan fingerprint density at radius 2 is 2.11 bits per heavy atom. The predicted molar refractivity (Wildman–Crippen MR) is 112 cm³/mol. The van der Waals surface area contributed by atoms with Crippen LogP contribution in [0.2, 0.25) is 5.02 Å². The third-order valence-electron chi connectivity index (χ3n) is 4.62. The van der Waals surface area contributed by atoms with Crippen LogP contribution in [0.25, 0.3) is 10.2 Å². The van der Waals surface area contributed by atoms with Crippen molar-refractivity contribution >= 4 is 55.9 Å². The molecule has 8 heteroatoms. The zero-order chi connectivity index (χ0) is 18.8. The van der Waals surface area contributed by atoms with E-state index < -0.39 is 5.82 Å². The summed E-state index contributed by atoms with van der Waals surface area (Å²) < 4.78 is 24.0. The van der Waals surface area contributed by atoms with E-state index in [1.54, 1.807) is 0 Å². The van der Waals surface area contributed by atoms with Gasteiger partial charge in [0.2, 0.25) is 0 Å². The number of anilines is 2. The van der Waals surface area contributed by atoms with Gasteiger partial charge in [-0.25, -0.2) is 9.37 Å². The molecule has 0 atom stereocenters. The number of fused-ring (bicyclic) bond motifs is 1. The highest BCUT2D eigenvalue weighted by Gasteiger charge is 2.16. The highest BCUT2D eigenvalue weighted by molar-refractivity contribution is 8.00. The molecule has 0 aliphatic heterocycles. The monoisotopic (exact) mass is 423 g/mol. The van der Waals surface area contributed by atoms with Crippen LogP contribution in [-0.4, -0.2) is 11.6 Å². The zero-order valence-electron chi connectivity index (χ0n) is 14.5. The molecule has 1 aliphatic rings. The van der Waals surface area contributed by atoms with Crippen molar-refractivity contribution in [2.75, 3.05) is 17.1 Å². The van der Waals surface area contributed by atoms with Crippen molar-refractivity contribution in [3.63, 3.8) is 0 Å². The van der Waals surface area contributed by atoms with Gasteiger partial charge in [0.15, 0.2) is 5.13 Å². The first-order valence-corrected chi connectivity index (χ1v) is 10.8. The van der Waals surface area contributed by atoms with Crippen LogP contribution < -0.4 is 15.2 Å². The maximum Gasteiger partial charge on any atom is 0.194 e. The predicted octanol–water partition coefficient (Wildman–Crippen LogP) is 6.36. The summed E-state index contributed by atoms with van der Waals surface area (Å²) in [5.41, 5.74) is 6.71. The second-order valence-corrected chi connectivity index (χ2v) is 8.90. The van der Waals surface area contributed by atoms with E-state index in [-0.39, 0.29) is 5.69 Å². The van der Waals surface area contributed by atoms with Crippen LogP contribution in [0.15, 0.2) is 35.2 Å². The van der Waals surface area contributed by atoms with E-state index in [0.717, 1.165) is 34.5 Å². The molecule has 142 valence electrons. The normalized spacial score (nSPS) is 14.7. The summed E-state index contributed by atoms with van der Waals surface area (Å²) in [6.07, 6.45) is 5.16. The lowest BCUT2D eigenvalue weighted by atomic mass is 10.1. The van der Waals surface area contributed by atoms with Crippen LogP contribution in [0.5, 0.6) is 5.75 Å². The number of nitrogens with one attached hydrogen (secondary N) is 1. The summed E-state index contributed by atoms with van der Waals surface area (Å²) in [6.45, 7) is 0.780. The number of thiazole rings is 1. The Labute approximate surface area is 170 Å². The maximum absolute atomic E-state index is 14.0. The van der Waals surface area contributed by atoms with E-state index >= 15 is 0 Å². The summed E-state index contributed by atoms with van der Waals surface area (Å²) in [7, 11) is 0. The molecule has 4 rings (SSSR count). The second kappa shape index (κ2) is 8.12. The van der Waals surface area contributed by atoms with E-state index in [1.165, 1.54) is 49.2 Å². The number of nitrogens with zero attached hydrogens (tertiary/aromatic N) is 1. The molecule has 27 heavy (non-hydrogen) atoms. The third-order valence-corrected chi connectivity index (χ3v) is 6.84. The Kier molecular flexibility index (Phi) is 5.61. The van der Waals surface area contributed by atoms with E-state index in [1.807, 2.05) is 18.2 Å². The lowest BCUT2D eigenvalue weighted by molar-refractivity contribution is 0.252. The average molecular weight is 424 g/mol. The maximum atomic E-state index is 14.0. The standard InChI is InChI=1S/C19H19ClFN3OS2/c20-13-8-17(14(21)9-15(13)22)27-24-19-23-16-6-5-12(7-18(16)26-19)25-10-11-3-1-2-4-11/h5-9,11H,1-4,10,22H2,(H,23,24). The molecule has 0 saturated heterocycles. The van der Waals surface area contributed by atoms with E-state index in [2.05, 4.69) is 9.71 Å². The molecule has 1 saturated carbocycles. The summed E-state index contributed by atoms with van der Waals surface area (Å²) in [5, 5.41) is 1.02. The minimum atomic E-state index is -0.418. The molecule has 1 heterocycles. The summed E-state index contributed by atoms with van der Waals surface area (Å²) in [5.74, 6) is 1.13. The molecular formula is C19H19ClFN3OS2. The fraction of sp³-hybridized carbons (Fsp3) is 0.316. The van der Waals surface area contributed by atoms with Crippen molar-refractivity contribution in [2.45, 2.75) is 30.6 Å². The van der Waals surface area contributed by atoms with Gasteiger partial charge in [0.25, 0.3) is 0 Å². The molecule has 2 aromatic carbocycles. The van der Waals surface area contributed by atoms with Crippen LogP contribution in [0.3, 0.4) is 0 Å². The van der Waals surface area contributed by atoms with Crippen LogP contribution in [0.4, 0.5) is 15.2 Å². The molecular weight excluding hydrogens is 405 g/mol. The fourth-order valence-electron chi connectivity index (χ4n) is 3.15. The molecule has 3 N–H and O–H groups in total. The Morgan fingerprint density at radius 3 is 2.93 bits per heavy atom. The molecule has 0 spiro atoms. The van der Waals surface area contributed by atoms with Crippen molar-refractivity contribution in [1.82, 2.24) is 4.98 Å². The number of nitrogen functional groups attached to an aromatic ring is 1. The quantitative estimate of drug-likeness (QED) is 0.357. The fourth-order valence-corrected chi connectivity index (χ4v) is 4.99. The largest absolute Gasteiger partial charge is 0.493 e. The summed E-state index contributed by atoms with van der Waals surface area (Å²) in [4.78, 5) is 4.90. The van der Waals surface area contributed by atoms with Crippen LogP contribution in [0, 0.1) is 11.7 Å². The summed E-state index contributed by atoms with van der Waals surface area (Å²) in [6, 6.07) is 8.64. The van der Waals surface area contributed by atoms with Crippen molar-refractivity contribution in [3.05, 3.63) is 41.2 Å². The van der Waals surface area contributed by atoms with E-state index in [0.29, 0.717) is 21.0 Å². The smallest absolute Gasteiger partial charge is 0.194 e. The molecule has 0 radical (unpaired) electrons. The van der Waals surface area contributed by atoms with Gasteiger partial charge < -0.3 is 15.2 Å². The second-order valence-electron chi connectivity index (χ2n) is 6.62. The molecule has 1 fully saturated rings. The number of benzene rings is 2.